The monoisotopic (exact) mass is 270 g/mol. The van der Waals surface area contributed by atoms with Gasteiger partial charge in [-0.05, 0) is 43.2 Å². The van der Waals surface area contributed by atoms with Crippen molar-refractivity contribution in [3.05, 3.63) is 54.4 Å². The van der Waals surface area contributed by atoms with Crippen molar-refractivity contribution in [2.45, 2.75) is 18.9 Å². The molecule has 0 radical (unpaired) electrons. The predicted octanol–water partition coefficient (Wildman–Crippen LogP) is 2.07. The Morgan fingerprint density at radius 3 is 2.80 bits per heavy atom. The predicted molar refractivity (Wildman–Crippen MR) is 76.9 cm³/mol. The third-order valence-corrected chi connectivity index (χ3v) is 3.84. The molecule has 0 unspecified atom stereocenters. The molecule has 2 heterocycles. The van der Waals surface area contributed by atoms with Crippen LogP contribution in [0.4, 0.5) is 0 Å². The Balaban J connectivity index is 1.87. The lowest BCUT2D eigenvalue weighted by Crippen LogP contribution is -2.37. The number of rotatable bonds is 3. The number of carbonyl (C=O) groups excluding carboxylic acids is 1. The van der Waals surface area contributed by atoms with E-state index in [0.29, 0.717) is 5.56 Å². The molecule has 0 bridgehead atoms. The van der Waals surface area contributed by atoms with Crippen LogP contribution in [0.5, 0.6) is 0 Å². The van der Waals surface area contributed by atoms with Crippen LogP contribution in [0.3, 0.4) is 0 Å². The first-order chi connectivity index (χ1) is 9.79. The topological polar surface area (TPSA) is 45.5 Å². The molecule has 20 heavy (non-hydrogen) atoms. The van der Waals surface area contributed by atoms with E-state index in [-0.39, 0.29) is 18.6 Å². The minimum atomic E-state index is -0.0299. The molecular weight excluding hydrogens is 252 g/mol. The molecule has 1 aliphatic heterocycles. The summed E-state index contributed by atoms with van der Waals surface area (Å²) in [6.45, 7) is 0.779. The molecule has 1 aliphatic rings. The molecule has 3 rings (SSSR count). The lowest BCUT2D eigenvalue weighted by atomic mass is 10.1. The quantitative estimate of drug-likeness (QED) is 0.928. The van der Waals surface area contributed by atoms with E-state index >= 15 is 0 Å². The zero-order valence-electron chi connectivity index (χ0n) is 11.3. The van der Waals surface area contributed by atoms with Crippen molar-refractivity contribution in [1.82, 2.24) is 9.47 Å². The second kappa shape index (κ2) is 5.51. The maximum absolute atomic E-state index is 12.5. The Morgan fingerprint density at radius 2 is 2.05 bits per heavy atom. The summed E-state index contributed by atoms with van der Waals surface area (Å²) >= 11 is 0. The normalized spacial score (nSPS) is 18.4. The number of hydrogen-bond acceptors (Lipinski definition) is 2. The van der Waals surface area contributed by atoms with E-state index < -0.39 is 0 Å². The summed E-state index contributed by atoms with van der Waals surface area (Å²) in [5.74, 6) is 0.00977. The number of aliphatic hydroxyl groups is 1. The largest absolute Gasteiger partial charge is 0.394 e. The number of benzene rings is 1. The Bertz CT molecular complexity index is 592. The molecule has 1 aromatic heterocycles. The number of likely N-dealkylation sites (tertiary alicyclic amines) is 1. The highest BCUT2D eigenvalue weighted by molar-refractivity contribution is 5.95. The number of carbonyl (C=O) groups is 1. The molecule has 104 valence electrons. The van der Waals surface area contributed by atoms with Crippen LogP contribution in [0.2, 0.25) is 0 Å². The van der Waals surface area contributed by atoms with Crippen LogP contribution in [0, 0.1) is 0 Å². The number of nitrogens with zero attached hydrogens (tertiary/aromatic N) is 2. The van der Waals surface area contributed by atoms with E-state index in [1.165, 1.54) is 0 Å². The molecule has 4 nitrogen and oxygen atoms in total. The Labute approximate surface area is 118 Å². The summed E-state index contributed by atoms with van der Waals surface area (Å²) < 4.78 is 1.98. The van der Waals surface area contributed by atoms with E-state index in [2.05, 4.69) is 0 Å². The highest BCUT2D eigenvalue weighted by atomic mass is 16.3. The maximum Gasteiger partial charge on any atom is 0.254 e. The highest BCUT2D eigenvalue weighted by Crippen LogP contribution is 2.21. The fourth-order valence-corrected chi connectivity index (χ4v) is 2.76. The van der Waals surface area contributed by atoms with Crippen molar-refractivity contribution in [3.63, 3.8) is 0 Å². The van der Waals surface area contributed by atoms with Gasteiger partial charge in [-0.3, -0.25) is 4.79 Å². The molecule has 1 saturated heterocycles. The third-order valence-electron chi connectivity index (χ3n) is 3.84. The minimum Gasteiger partial charge on any atom is -0.394 e. The fourth-order valence-electron chi connectivity index (χ4n) is 2.76. The van der Waals surface area contributed by atoms with Crippen molar-refractivity contribution in [2.24, 2.45) is 0 Å². The van der Waals surface area contributed by atoms with Crippen LogP contribution in [-0.4, -0.2) is 39.7 Å². The van der Waals surface area contributed by atoms with E-state index in [0.717, 1.165) is 25.1 Å². The van der Waals surface area contributed by atoms with Crippen LogP contribution in [0.1, 0.15) is 23.2 Å². The fraction of sp³-hybridized carbons (Fsp3) is 0.312. The van der Waals surface area contributed by atoms with Crippen molar-refractivity contribution in [2.75, 3.05) is 13.2 Å². The first-order valence-corrected chi connectivity index (χ1v) is 6.95. The summed E-state index contributed by atoms with van der Waals surface area (Å²) in [5, 5.41) is 9.34. The van der Waals surface area contributed by atoms with Gasteiger partial charge in [-0.1, -0.05) is 6.07 Å². The van der Waals surface area contributed by atoms with Crippen molar-refractivity contribution in [3.8, 4) is 5.69 Å². The van der Waals surface area contributed by atoms with Gasteiger partial charge in [0, 0.05) is 30.2 Å². The van der Waals surface area contributed by atoms with Gasteiger partial charge < -0.3 is 14.6 Å². The van der Waals surface area contributed by atoms with Gasteiger partial charge in [0.25, 0.3) is 5.91 Å². The molecule has 1 amide bonds. The van der Waals surface area contributed by atoms with Gasteiger partial charge >= 0.3 is 0 Å². The molecular formula is C16H18N2O2. The molecule has 4 heteroatoms. The Morgan fingerprint density at radius 1 is 1.25 bits per heavy atom. The number of aromatic nitrogens is 1. The second-order valence-electron chi connectivity index (χ2n) is 5.12. The zero-order chi connectivity index (χ0) is 13.9. The van der Waals surface area contributed by atoms with E-state index in [9.17, 15) is 9.90 Å². The van der Waals surface area contributed by atoms with Crippen LogP contribution in [0.25, 0.3) is 5.69 Å². The van der Waals surface area contributed by atoms with Crippen molar-refractivity contribution < 1.29 is 9.90 Å². The van der Waals surface area contributed by atoms with Crippen molar-refractivity contribution in [1.29, 1.82) is 0 Å². The molecule has 1 fully saturated rings. The summed E-state index contributed by atoms with van der Waals surface area (Å²) in [4.78, 5) is 14.3. The number of amides is 1. The van der Waals surface area contributed by atoms with E-state index in [1.807, 2.05) is 53.4 Å². The van der Waals surface area contributed by atoms with Crippen LogP contribution < -0.4 is 0 Å². The Kier molecular flexibility index (Phi) is 3.56. The zero-order valence-corrected chi connectivity index (χ0v) is 11.3. The van der Waals surface area contributed by atoms with Gasteiger partial charge in [0.2, 0.25) is 0 Å². The van der Waals surface area contributed by atoms with Crippen molar-refractivity contribution >= 4 is 5.91 Å². The molecule has 1 aromatic carbocycles. The average molecular weight is 270 g/mol. The van der Waals surface area contributed by atoms with E-state index in [4.69, 9.17) is 0 Å². The summed E-state index contributed by atoms with van der Waals surface area (Å²) in [7, 11) is 0. The molecule has 0 spiro atoms. The smallest absolute Gasteiger partial charge is 0.254 e. The van der Waals surface area contributed by atoms with Gasteiger partial charge in [0.15, 0.2) is 0 Å². The number of hydrogen-bond donors (Lipinski definition) is 1. The average Bonchev–Trinajstić information content (AvgIpc) is 3.17. The summed E-state index contributed by atoms with van der Waals surface area (Å²) in [6, 6.07) is 11.5. The van der Waals surface area contributed by atoms with Gasteiger partial charge in [-0.25, -0.2) is 0 Å². The number of aliphatic hydroxyl groups excluding tert-OH is 1. The van der Waals surface area contributed by atoms with Gasteiger partial charge in [-0.15, -0.1) is 0 Å². The van der Waals surface area contributed by atoms with Crippen LogP contribution >= 0.6 is 0 Å². The van der Waals surface area contributed by atoms with Crippen LogP contribution in [0.15, 0.2) is 48.8 Å². The van der Waals surface area contributed by atoms with Gasteiger partial charge in [-0.2, -0.15) is 0 Å². The molecule has 0 aliphatic carbocycles. The third kappa shape index (κ3) is 2.34. The lowest BCUT2D eigenvalue weighted by molar-refractivity contribution is 0.0677. The molecule has 0 saturated carbocycles. The Hall–Kier alpha value is -2.07. The highest BCUT2D eigenvalue weighted by Gasteiger charge is 2.28. The molecule has 1 atom stereocenters. The minimum absolute atomic E-state index is 0.00977. The van der Waals surface area contributed by atoms with Crippen LogP contribution in [-0.2, 0) is 0 Å². The summed E-state index contributed by atoms with van der Waals surface area (Å²) in [5.41, 5.74) is 1.65. The summed E-state index contributed by atoms with van der Waals surface area (Å²) in [6.07, 6.45) is 5.76. The second-order valence-corrected chi connectivity index (χ2v) is 5.12. The molecule has 2 aromatic rings. The van der Waals surface area contributed by atoms with E-state index in [1.54, 1.807) is 4.90 Å². The SMILES string of the molecule is O=C(c1cccc(-n2cccc2)c1)N1CCC[C@H]1CO. The van der Waals surface area contributed by atoms with Gasteiger partial charge in [0.05, 0.1) is 12.6 Å². The first-order valence-electron chi connectivity index (χ1n) is 6.95. The molecule has 1 N–H and O–H groups in total. The standard InChI is InChI=1S/C16H18N2O2/c19-12-15-7-4-10-18(15)16(20)13-5-3-6-14(11-13)17-8-1-2-9-17/h1-3,5-6,8-9,11,15,19H,4,7,10,12H2/t15-/m0/s1. The maximum atomic E-state index is 12.5. The lowest BCUT2D eigenvalue weighted by Gasteiger charge is -2.23. The van der Waals surface area contributed by atoms with Gasteiger partial charge in [0.1, 0.15) is 0 Å². The first kappa shape index (κ1) is 12.9.